The fourth-order valence-corrected chi connectivity index (χ4v) is 1.58. The van der Waals surface area contributed by atoms with Crippen LogP contribution in [0.15, 0.2) is 41.3 Å². The molecule has 0 radical (unpaired) electrons. The molecule has 1 N–H and O–H groups in total. The molecule has 2 aromatic heterocycles. The number of benzene rings is 1. The van der Waals surface area contributed by atoms with E-state index in [1.165, 1.54) is 30.7 Å². The van der Waals surface area contributed by atoms with Gasteiger partial charge in [-0.2, -0.15) is 4.98 Å². The highest BCUT2D eigenvalue weighted by molar-refractivity contribution is 5.64. The molecule has 0 unspecified atom stereocenters. The van der Waals surface area contributed by atoms with Crippen LogP contribution in [0.3, 0.4) is 0 Å². The molecule has 3 aromatic rings. The third-order valence-corrected chi connectivity index (χ3v) is 2.44. The summed E-state index contributed by atoms with van der Waals surface area (Å²) in [7, 11) is 0. The Hall–Kier alpha value is -2.83. The van der Waals surface area contributed by atoms with Crippen LogP contribution in [0.5, 0.6) is 5.75 Å². The molecule has 3 rings (SSSR count). The van der Waals surface area contributed by atoms with Crippen molar-refractivity contribution in [3.63, 3.8) is 0 Å². The van der Waals surface area contributed by atoms with Crippen molar-refractivity contribution in [3.8, 4) is 28.7 Å². The number of rotatable bonds is 2. The molecule has 0 spiro atoms. The Morgan fingerprint density at radius 1 is 1.21 bits per heavy atom. The molecule has 0 aliphatic heterocycles. The first-order chi connectivity index (χ1) is 9.25. The van der Waals surface area contributed by atoms with Crippen molar-refractivity contribution >= 4 is 0 Å². The van der Waals surface area contributed by atoms with E-state index in [4.69, 9.17) is 4.52 Å². The summed E-state index contributed by atoms with van der Waals surface area (Å²) in [5, 5.41) is 13.3. The molecule has 0 aliphatic rings. The van der Waals surface area contributed by atoms with E-state index in [1.807, 2.05) is 0 Å². The van der Waals surface area contributed by atoms with E-state index in [9.17, 15) is 9.50 Å². The molecule has 0 saturated carbocycles. The molecule has 19 heavy (non-hydrogen) atoms. The van der Waals surface area contributed by atoms with Crippen molar-refractivity contribution in [1.82, 2.24) is 20.1 Å². The Kier molecular flexibility index (Phi) is 2.64. The van der Waals surface area contributed by atoms with E-state index >= 15 is 0 Å². The molecule has 0 saturated heterocycles. The zero-order chi connectivity index (χ0) is 13.2. The fourth-order valence-electron chi connectivity index (χ4n) is 1.58. The minimum Gasteiger partial charge on any atom is -0.507 e. The van der Waals surface area contributed by atoms with Gasteiger partial charge >= 0.3 is 0 Å². The van der Waals surface area contributed by atoms with Gasteiger partial charge in [0.15, 0.2) is 0 Å². The maximum Gasteiger partial charge on any atom is 0.265 e. The molecule has 0 atom stereocenters. The van der Waals surface area contributed by atoms with E-state index in [-0.39, 0.29) is 23.0 Å². The average molecular weight is 258 g/mol. The number of phenols is 1. The monoisotopic (exact) mass is 258 g/mol. The smallest absolute Gasteiger partial charge is 0.265 e. The van der Waals surface area contributed by atoms with Crippen LogP contribution in [0.2, 0.25) is 0 Å². The lowest BCUT2D eigenvalue weighted by molar-refractivity contribution is 0.421. The van der Waals surface area contributed by atoms with Crippen LogP contribution in [0.4, 0.5) is 4.39 Å². The van der Waals surface area contributed by atoms with Crippen molar-refractivity contribution in [2.24, 2.45) is 0 Å². The van der Waals surface area contributed by atoms with Crippen LogP contribution in [0, 0.1) is 5.82 Å². The summed E-state index contributed by atoms with van der Waals surface area (Å²) in [5.41, 5.74) is 0.316. The molecular weight excluding hydrogens is 251 g/mol. The second kappa shape index (κ2) is 4.45. The van der Waals surface area contributed by atoms with Crippen molar-refractivity contribution in [2.75, 3.05) is 0 Å². The normalized spacial score (nSPS) is 10.6. The van der Waals surface area contributed by atoms with Crippen molar-refractivity contribution in [3.05, 3.63) is 42.6 Å². The van der Waals surface area contributed by atoms with Gasteiger partial charge in [-0.25, -0.2) is 14.4 Å². The Balaban J connectivity index is 2.07. The van der Waals surface area contributed by atoms with E-state index < -0.39 is 5.82 Å². The quantitative estimate of drug-likeness (QED) is 0.757. The molecular formula is C12H7FN4O2. The van der Waals surface area contributed by atoms with Crippen LogP contribution >= 0.6 is 0 Å². The summed E-state index contributed by atoms with van der Waals surface area (Å²) in [5.74, 6) is -0.819. The van der Waals surface area contributed by atoms with Crippen LogP contribution in [-0.4, -0.2) is 25.2 Å². The highest BCUT2D eigenvalue weighted by Crippen LogP contribution is 2.31. The van der Waals surface area contributed by atoms with Crippen LogP contribution < -0.4 is 0 Å². The summed E-state index contributed by atoms with van der Waals surface area (Å²) in [4.78, 5) is 11.7. The van der Waals surface area contributed by atoms with E-state index in [0.29, 0.717) is 5.69 Å². The molecule has 7 heteroatoms. The standard InChI is InChI=1S/C12H7FN4O2/c13-7-2-1-3-9(18)10(7)12-16-11(17-19-12)8-4-5-14-6-15-8/h1-6,18H. The van der Waals surface area contributed by atoms with Crippen molar-refractivity contribution in [1.29, 1.82) is 0 Å². The van der Waals surface area contributed by atoms with Crippen LogP contribution in [-0.2, 0) is 0 Å². The van der Waals surface area contributed by atoms with Gasteiger partial charge in [-0.15, -0.1) is 0 Å². The number of aromatic nitrogens is 4. The Morgan fingerprint density at radius 3 is 2.84 bits per heavy atom. The fraction of sp³-hybridized carbons (Fsp3) is 0. The van der Waals surface area contributed by atoms with Crippen LogP contribution in [0.25, 0.3) is 23.0 Å². The summed E-state index contributed by atoms with van der Waals surface area (Å²) >= 11 is 0. The highest BCUT2D eigenvalue weighted by Gasteiger charge is 2.18. The van der Waals surface area contributed by atoms with Crippen molar-refractivity contribution < 1.29 is 14.0 Å². The maximum absolute atomic E-state index is 13.6. The molecule has 6 nitrogen and oxygen atoms in total. The minimum atomic E-state index is -0.641. The Labute approximate surface area is 106 Å². The van der Waals surface area contributed by atoms with Gasteiger partial charge in [0.2, 0.25) is 5.82 Å². The molecule has 0 aliphatic carbocycles. The predicted octanol–water partition coefficient (Wildman–Crippen LogP) is 2.04. The first-order valence-corrected chi connectivity index (χ1v) is 5.33. The highest BCUT2D eigenvalue weighted by atomic mass is 19.1. The summed E-state index contributed by atoms with van der Waals surface area (Å²) in [6, 6.07) is 5.52. The van der Waals surface area contributed by atoms with Gasteiger partial charge in [0.05, 0.1) is 0 Å². The number of nitrogens with zero attached hydrogens (tertiary/aromatic N) is 4. The van der Waals surface area contributed by atoms with Crippen LogP contribution in [0.1, 0.15) is 0 Å². The van der Waals surface area contributed by atoms with Gasteiger partial charge in [-0.1, -0.05) is 11.2 Å². The van der Waals surface area contributed by atoms with E-state index in [0.717, 1.165) is 0 Å². The molecule has 0 fully saturated rings. The topological polar surface area (TPSA) is 84.9 Å². The third kappa shape index (κ3) is 2.01. The Bertz CT molecular complexity index is 695. The zero-order valence-corrected chi connectivity index (χ0v) is 9.49. The lowest BCUT2D eigenvalue weighted by Crippen LogP contribution is -1.87. The van der Waals surface area contributed by atoms with Crippen molar-refractivity contribution in [2.45, 2.75) is 0 Å². The lowest BCUT2D eigenvalue weighted by atomic mass is 10.2. The number of aromatic hydroxyl groups is 1. The van der Waals surface area contributed by atoms with Gasteiger partial charge in [0, 0.05) is 6.20 Å². The van der Waals surface area contributed by atoms with Gasteiger partial charge in [-0.3, -0.25) is 0 Å². The van der Waals surface area contributed by atoms with Gasteiger partial charge in [0.25, 0.3) is 5.89 Å². The number of hydrogen-bond donors (Lipinski definition) is 1. The number of phenolic OH excluding ortho intramolecular Hbond substituents is 1. The zero-order valence-electron chi connectivity index (χ0n) is 9.49. The molecule has 2 heterocycles. The first kappa shape index (κ1) is 11.3. The maximum atomic E-state index is 13.6. The lowest BCUT2D eigenvalue weighted by Gasteiger charge is -1.99. The van der Waals surface area contributed by atoms with Gasteiger partial charge < -0.3 is 9.63 Å². The summed E-state index contributed by atoms with van der Waals surface area (Å²) in [6.45, 7) is 0. The third-order valence-electron chi connectivity index (χ3n) is 2.44. The SMILES string of the molecule is Oc1cccc(F)c1-c1nc(-c2ccncn2)no1. The summed E-state index contributed by atoms with van der Waals surface area (Å²) < 4.78 is 18.6. The number of hydrogen-bond acceptors (Lipinski definition) is 6. The molecule has 0 bridgehead atoms. The average Bonchev–Trinajstić information content (AvgIpc) is 2.89. The van der Waals surface area contributed by atoms with Gasteiger partial charge in [0.1, 0.15) is 29.2 Å². The summed E-state index contributed by atoms with van der Waals surface area (Å²) in [6.07, 6.45) is 2.87. The van der Waals surface area contributed by atoms with E-state index in [1.54, 1.807) is 6.07 Å². The first-order valence-electron chi connectivity index (χ1n) is 5.33. The second-order valence-corrected chi connectivity index (χ2v) is 3.65. The molecule has 1 aromatic carbocycles. The second-order valence-electron chi connectivity index (χ2n) is 3.65. The number of halogens is 1. The van der Waals surface area contributed by atoms with E-state index in [2.05, 4.69) is 20.1 Å². The molecule has 0 amide bonds. The largest absolute Gasteiger partial charge is 0.507 e. The Morgan fingerprint density at radius 2 is 2.11 bits per heavy atom. The molecule has 94 valence electrons. The predicted molar refractivity (Wildman–Crippen MR) is 62.4 cm³/mol. The minimum absolute atomic E-state index is 0.107. The van der Waals surface area contributed by atoms with Gasteiger partial charge in [-0.05, 0) is 18.2 Å².